The minimum absolute atomic E-state index is 0.216. The van der Waals surface area contributed by atoms with Crippen LogP contribution in [-0.2, 0) is 0 Å². The van der Waals surface area contributed by atoms with E-state index in [9.17, 15) is 4.79 Å². The first kappa shape index (κ1) is 13.9. The van der Waals surface area contributed by atoms with E-state index in [2.05, 4.69) is 21.2 Å². The van der Waals surface area contributed by atoms with Crippen molar-refractivity contribution in [2.45, 2.75) is 6.92 Å². The summed E-state index contributed by atoms with van der Waals surface area (Å²) in [6.07, 6.45) is 0. The quantitative estimate of drug-likeness (QED) is 0.804. The van der Waals surface area contributed by atoms with Crippen molar-refractivity contribution < 1.29 is 4.79 Å². The molecule has 5 heteroatoms. The summed E-state index contributed by atoms with van der Waals surface area (Å²) in [5.74, 6) is -0.216. The molecule has 98 valence electrons. The van der Waals surface area contributed by atoms with E-state index in [1.807, 2.05) is 6.92 Å². The number of carbonyl (C=O) groups excluding carboxylic acids is 1. The normalized spacial score (nSPS) is 10.3. The van der Waals surface area contributed by atoms with Gasteiger partial charge in [-0.15, -0.1) is 0 Å². The first-order chi connectivity index (χ1) is 8.99. The van der Waals surface area contributed by atoms with Gasteiger partial charge in [-0.3, -0.25) is 4.79 Å². The SMILES string of the molecule is Cc1c(Cl)cccc1C(=O)Nc1cc(N)ccc1Br. The highest BCUT2D eigenvalue weighted by molar-refractivity contribution is 9.10. The fourth-order valence-corrected chi connectivity index (χ4v) is 2.20. The second-order valence-corrected chi connectivity index (χ2v) is 5.37. The molecule has 19 heavy (non-hydrogen) atoms. The molecule has 0 aliphatic heterocycles. The third-order valence-corrected chi connectivity index (χ3v) is 3.85. The lowest BCUT2D eigenvalue weighted by Crippen LogP contribution is -2.14. The molecule has 0 heterocycles. The molecule has 0 unspecified atom stereocenters. The van der Waals surface area contributed by atoms with Crippen molar-refractivity contribution in [1.29, 1.82) is 0 Å². The Morgan fingerprint density at radius 1 is 1.32 bits per heavy atom. The van der Waals surface area contributed by atoms with Crippen molar-refractivity contribution in [3.05, 3.63) is 57.0 Å². The van der Waals surface area contributed by atoms with Gasteiger partial charge in [0.15, 0.2) is 0 Å². The third-order valence-electron chi connectivity index (χ3n) is 2.75. The van der Waals surface area contributed by atoms with Crippen LogP contribution in [0.4, 0.5) is 11.4 Å². The van der Waals surface area contributed by atoms with Gasteiger partial charge in [0.05, 0.1) is 5.69 Å². The summed E-state index contributed by atoms with van der Waals surface area (Å²) in [7, 11) is 0. The van der Waals surface area contributed by atoms with Crippen LogP contribution in [0, 0.1) is 6.92 Å². The van der Waals surface area contributed by atoms with Crippen LogP contribution >= 0.6 is 27.5 Å². The maximum Gasteiger partial charge on any atom is 0.256 e. The van der Waals surface area contributed by atoms with E-state index in [-0.39, 0.29) is 5.91 Å². The lowest BCUT2D eigenvalue weighted by Gasteiger charge is -2.10. The average Bonchev–Trinajstić information content (AvgIpc) is 2.37. The van der Waals surface area contributed by atoms with E-state index in [1.165, 1.54) is 0 Å². The van der Waals surface area contributed by atoms with Crippen LogP contribution in [0.15, 0.2) is 40.9 Å². The van der Waals surface area contributed by atoms with E-state index in [0.717, 1.165) is 10.0 Å². The zero-order chi connectivity index (χ0) is 14.0. The van der Waals surface area contributed by atoms with Gasteiger partial charge in [-0.1, -0.05) is 17.7 Å². The van der Waals surface area contributed by atoms with Gasteiger partial charge in [-0.2, -0.15) is 0 Å². The third kappa shape index (κ3) is 3.08. The first-order valence-corrected chi connectivity index (χ1v) is 6.77. The molecule has 0 aromatic heterocycles. The smallest absolute Gasteiger partial charge is 0.256 e. The minimum atomic E-state index is -0.216. The molecule has 2 aromatic rings. The Balaban J connectivity index is 2.31. The number of hydrogen-bond acceptors (Lipinski definition) is 2. The molecule has 0 fully saturated rings. The maximum absolute atomic E-state index is 12.2. The molecule has 0 aliphatic rings. The zero-order valence-electron chi connectivity index (χ0n) is 10.2. The molecular weight excluding hydrogens is 328 g/mol. The number of halogens is 2. The second-order valence-electron chi connectivity index (χ2n) is 4.11. The Labute approximate surface area is 124 Å². The summed E-state index contributed by atoms with van der Waals surface area (Å²) in [5.41, 5.74) is 8.21. The number of amides is 1. The highest BCUT2D eigenvalue weighted by atomic mass is 79.9. The highest BCUT2D eigenvalue weighted by Gasteiger charge is 2.12. The molecule has 0 spiro atoms. The van der Waals surface area contributed by atoms with Crippen LogP contribution in [0.3, 0.4) is 0 Å². The van der Waals surface area contributed by atoms with Crippen molar-refractivity contribution in [1.82, 2.24) is 0 Å². The van der Waals surface area contributed by atoms with Crippen molar-refractivity contribution in [2.24, 2.45) is 0 Å². The van der Waals surface area contributed by atoms with Crippen LogP contribution in [0.2, 0.25) is 5.02 Å². The van der Waals surface area contributed by atoms with Crippen molar-refractivity contribution in [3.63, 3.8) is 0 Å². The maximum atomic E-state index is 12.2. The Hall–Kier alpha value is -1.52. The summed E-state index contributed by atoms with van der Waals surface area (Å²) < 4.78 is 0.773. The lowest BCUT2D eigenvalue weighted by atomic mass is 10.1. The van der Waals surface area contributed by atoms with Crippen molar-refractivity contribution in [2.75, 3.05) is 11.1 Å². The van der Waals surface area contributed by atoms with E-state index >= 15 is 0 Å². The molecule has 3 nitrogen and oxygen atoms in total. The number of nitrogens with one attached hydrogen (secondary N) is 1. The van der Waals surface area contributed by atoms with Gasteiger partial charge in [-0.25, -0.2) is 0 Å². The summed E-state index contributed by atoms with van der Waals surface area (Å²) in [4.78, 5) is 12.2. The molecule has 0 bridgehead atoms. The van der Waals surface area contributed by atoms with Crippen LogP contribution in [-0.4, -0.2) is 5.91 Å². The highest BCUT2D eigenvalue weighted by Crippen LogP contribution is 2.26. The van der Waals surface area contributed by atoms with E-state index in [4.69, 9.17) is 17.3 Å². The second kappa shape index (κ2) is 5.63. The summed E-state index contributed by atoms with van der Waals surface area (Å²) >= 11 is 9.38. The number of nitrogens with two attached hydrogens (primary N) is 1. The molecule has 3 N–H and O–H groups in total. The van der Waals surface area contributed by atoms with Gasteiger partial charge in [0.25, 0.3) is 5.91 Å². The fourth-order valence-electron chi connectivity index (χ4n) is 1.68. The van der Waals surface area contributed by atoms with E-state index < -0.39 is 0 Å². The number of nitrogen functional groups attached to an aromatic ring is 1. The number of hydrogen-bond donors (Lipinski definition) is 2. The monoisotopic (exact) mass is 338 g/mol. The molecular formula is C14H12BrClN2O. The minimum Gasteiger partial charge on any atom is -0.399 e. The Morgan fingerprint density at radius 3 is 2.79 bits per heavy atom. The Bertz CT molecular complexity index is 643. The molecule has 0 saturated heterocycles. The Kier molecular flexibility index (Phi) is 4.12. The lowest BCUT2D eigenvalue weighted by molar-refractivity contribution is 0.102. The topological polar surface area (TPSA) is 55.1 Å². The van der Waals surface area contributed by atoms with E-state index in [1.54, 1.807) is 36.4 Å². The summed E-state index contributed by atoms with van der Waals surface area (Å²) in [5, 5.41) is 3.38. The van der Waals surface area contributed by atoms with Gasteiger partial charge in [0.1, 0.15) is 0 Å². The standard InChI is InChI=1S/C14H12BrClN2O/c1-8-10(3-2-4-12(8)16)14(19)18-13-7-9(17)5-6-11(13)15/h2-7H,17H2,1H3,(H,18,19). The molecule has 0 aliphatic carbocycles. The van der Waals surface area contributed by atoms with Crippen molar-refractivity contribution >= 4 is 44.8 Å². The van der Waals surface area contributed by atoms with Crippen molar-refractivity contribution in [3.8, 4) is 0 Å². The number of benzene rings is 2. The predicted octanol–water partition coefficient (Wildman–Crippen LogP) is 4.25. The first-order valence-electron chi connectivity index (χ1n) is 5.60. The number of rotatable bonds is 2. The molecule has 0 saturated carbocycles. The predicted molar refractivity (Wildman–Crippen MR) is 82.7 cm³/mol. The Morgan fingerprint density at radius 2 is 2.05 bits per heavy atom. The fraction of sp³-hybridized carbons (Fsp3) is 0.0714. The summed E-state index contributed by atoms with van der Waals surface area (Å²) in [6.45, 7) is 1.81. The molecule has 0 atom stereocenters. The molecule has 0 radical (unpaired) electrons. The van der Waals surface area contributed by atoms with Gasteiger partial charge < -0.3 is 11.1 Å². The van der Waals surface area contributed by atoms with Gasteiger partial charge in [-0.05, 0) is 58.7 Å². The average molecular weight is 340 g/mol. The van der Waals surface area contributed by atoms with Gasteiger partial charge >= 0.3 is 0 Å². The summed E-state index contributed by atoms with van der Waals surface area (Å²) in [6, 6.07) is 10.5. The van der Waals surface area contributed by atoms with Gasteiger partial charge in [0, 0.05) is 20.7 Å². The van der Waals surface area contributed by atoms with E-state index in [0.29, 0.717) is 22.0 Å². The van der Waals surface area contributed by atoms with Gasteiger partial charge in [0.2, 0.25) is 0 Å². The molecule has 2 aromatic carbocycles. The van der Waals surface area contributed by atoms with Crippen LogP contribution in [0.25, 0.3) is 0 Å². The van der Waals surface area contributed by atoms with Crippen LogP contribution in [0.1, 0.15) is 15.9 Å². The molecule has 2 rings (SSSR count). The largest absolute Gasteiger partial charge is 0.399 e. The zero-order valence-corrected chi connectivity index (χ0v) is 12.5. The van der Waals surface area contributed by atoms with Crippen LogP contribution in [0.5, 0.6) is 0 Å². The number of carbonyl (C=O) groups is 1. The molecule has 1 amide bonds. The number of anilines is 2. The van der Waals surface area contributed by atoms with Crippen LogP contribution < -0.4 is 11.1 Å².